The molecule has 0 nitrogen and oxygen atoms in total. The van der Waals surface area contributed by atoms with Gasteiger partial charge in [-0.2, -0.15) is 0 Å². The quantitative estimate of drug-likeness (QED) is 0.150. The number of halogens is 6. The molecule has 0 heterocycles. The predicted molar refractivity (Wildman–Crippen MR) is 235 cm³/mol. The zero-order chi connectivity index (χ0) is 37.3. The van der Waals surface area contributed by atoms with E-state index in [2.05, 4.69) is 72.8 Å². The molecule has 0 bridgehead atoms. The Labute approximate surface area is 345 Å². The summed E-state index contributed by atoms with van der Waals surface area (Å²) in [5.41, 5.74) is 12.9. The van der Waals surface area contributed by atoms with Crippen molar-refractivity contribution in [3.8, 4) is 77.9 Å². The van der Waals surface area contributed by atoms with Crippen molar-refractivity contribution in [2.75, 3.05) is 0 Å². The second-order valence-corrected chi connectivity index (χ2v) is 15.3. The van der Waals surface area contributed by atoms with Gasteiger partial charge in [-0.3, -0.25) is 0 Å². The molecule has 262 valence electrons. The van der Waals surface area contributed by atoms with E-state index >= 15 is 0 Å². The second kappa shape index (κ2) is 15.7. The van der Waals surface area contributed by atoms with Crippen LogP contribution in [0.15, 0.2) is 170 Å². The van der Waals surface area contributed by atoms with Gasteiger partial charge in [-0.15, -0.1) is 0 Å². The smallest absolute Gasteiger partial charge is 0.0514 e. The standard InChI is InChI=1S/C48H28Cl6/c49-33-21-43(51)47(44(52)22-33)41-27-37(31-17-9-3-10-18-31)35(29-13-5-1-6-14-29)25-39(41)40-26-36(30-15-7-2-8-16-30)38(32-19-11-4-12-20-32)28-42(40)48-45(53)23-34(50)24-46(48)54/h1-28H. The minimum Gasteiger partial charge on any atom is -0.0842 e. The van der Waals surface area contributed by atoms with Crippen molar-refractivity contribution in [1.29, 1.82) is 0 Å². The van der Waals surface area contributed by atoms with Gasteiger partial charge in [0.05, 0.1) is 20.1 Å². The maximum absolute atomic E-state index is 7.12. The Morgan fingerprint density at radius 2 is 0.444 bits per heavy atom. The van der Waals surface area contributed by atoms with Gasteiger partial charge in [0.1, 0.15) is 0 Å². The largest absolute Gasteiger partial charge is 0.0842 e. The van der Waals surface area contributed by atoms with Crippen LogP contribution in [-0.2, 0) is 0 Å². The third kappa shape index (κ3) is 7.19. The van der Waals surface area contributed by atoms with Crippen LogP contribution in [0.2, 0.25) is 30.1 Å². The van der Waals surface area contributed by atoms with Crippen LogP contribution < -0.4 is 0 Å². The number of rotatable bonds is 7. The van der Waals surface area contributed by atoms with Crippen molar-refractivity contribution in [3.63, 3.8) is 0 Å². The molecule has 8 aromatic carbocycles. The summed E-state index contributed by atoms with van der Waals surface area (Å²) in [4.78, 5) is 0. The van der Waals surface area contributed by atoms with Crippen LogP contribution in [0.25, 0.3) is 77.9 Å². The van der Waals surface area contributed by atoms with E-state index in [1.807, 2.05) is 72.8 Å². The van der Waals surface area contributed by atoms with Crippen LogP contribution in [0.1, 0.15) is 0 Å². The highest BCUT2D eigenvalue weighted by atomic mass is 35.5. The Balaban J connectivity index is 1.58. The average molecular weight is 817 g/mol. The van der Waals surface area contributed by atoms with Gasteiger partial charge in [0.15, 0.2) is 0 Å². The molecule has 0 spiro atoms. The molecule has 0 aliphatic heterocycles. The Bertz CT molecular complexity index is 2410. The summed E-state index contributed by atoms with van der Waals surface area (Å²) in [6, 6.07) is 57.0. The molecule has 0 unspecified atom stereocenters. The number of hydrogen-bond acceptors (Lipinski definition) is 0. The van der Waals surface area contributed by atoms with Crippen LogP contribution in [0.3, 0.4) is 0 Å². The highest BCUT2D eigenvalue weighted by Crippen LogP contribution is 2.52. The first kappa shape index (κ1) is 36.5. The minimum absolute atomic E-state index is 0.425. The molecule has 0 aromatic heterocycles. The van der Waals surface area contributed by atoms with Crippen LogP contribution in [0.5, 0.6) is 0 Å². The predicted octanol–water partition coefficient (Wildman–Crippen LogP) is 17.3. The topological polar surface area (TPSA) is 0 Å². The van der Waals surface area contributed by atoms with Crippen LogP contribution in [0, 0.1) is 0 Å². The third-order valence-corrected chi connectivity index (χ3v) is 11.1. The fourth-order valence-corrected chi connectivity index (χ4v) is 9.13. The molecule has 6 heteroatoms. The molecule has 0 saturated heterocycles. The highest BCUT2D eigenvalue weighted by molar-refractivity contribution is 6.43. The lowest BCUT2D eigenvalue weighted by molar-refractivity contribution is 1.52. The Morgan fingerprint density at radius 3 is 0.685 bits per heavy atom. The van der Waals surface area contributed by atoms with E-state index in [4.69, 9.17) is 69.6 Å². The van der Waals surface area contributed by atoms with Crippen molar-refractivity contribution in [2.45, 2.75) is 0 Å². The lowest BCUT2D eigenvalue weighted by atomic mass is 9.81. The summed E-state index contributed by atoms with van der Waals surface area (Å²) in [6.45, 7) is 0. The van der Waals surface area contributed by atoms with E-state index in [0.29, 0.717) is 41.3 Å². The summed E-state index contributed by atoms with van der Waals surface area (Å²) in [5, 5.41) is 2.58. The normalized spacial score (nSPS) is 11.1. The molecule has 0 aliphatic rings. The van der Waals surface area contributed by atoms with Gasteiger partial charge in [-0.25, -0.2) is 0 Å². The van der Waals surface area contributed by atoms with Crippen LogP contribution in [0.4, 0.5) is 0 Å². The molecule has 0 aliphatic carbocycles. The maximum Gasteiger partial charge on any atom is 0.0514 e. The SMILES string of the molecule is Clc1cc(Cl)c(-c2cc(-c3ccccc3)c(-c3ccccc3)cc2-c2cc(-c3ccccc3)c(-c3ccccc3)cc2-c2c(Cl)cc(Cl)cc2Cl)c(Cl)c1. The molecule has 0 N–H and O–H groups in total. The van der Waals surface area contributed by atoms with Crippen molar-refractivity contribution in [3.05, 3.63) is 200 Å². The molecule has 54 heavy (non-hydrogen) atoms. The molecule has 0 fully saturated rings. The van der Waals surface area contributed by atoms with Crippen LogP contribution in [-0.4, -0.2) is 0 Å². The zero-order valence-corrected chi connectivity index (χ0v) is 33.0. The molecule has 8 rings (SSSR count). The van der Waals surface area contributed by atoms with Gasteiger partial charge in [-0.05, 0) is 115 Å². The lowest BCUT2D eigenvalue weighted by Gasteiger charge is -2.24. The van der Waals surface area contributed by atoms with Gasteiger partial charge in [0, 0.05) is 21.2 Å². The fraction of sp³-hybridized carbons (Fsp3) is 0. The summed E-state index contributed by atoms with van der Waals surface area (Å²) < 4.78 is 0. The Morgan fingerprint density at radius 1 is 0.222 bits per heavy atom. The minimum atomic E-state index is 0.425. The second-order valence-electron chi connectivity index (χ2n) is 12.8. The van der Waals surface area contributed by atoms with Crippen molar-refractivity contribution < 1.29 is 0 Å². The van der Waals surface area contributed by atoms with E-state index in [0.717, 1.165) is 66.8 Å². The average Bonchev–Trinajstić information content (AvgIpc) is 3.18. The Hall–Kier alpha value is -4.50. The summed E-state index contributed by atoms with van der Waals surface area (Å²) in [5.74, 6) is 0. The monoisotopic (exact) mass is 814 g/mol. The molecular formula is C48H28Cl6. The van der Waals surface area contributed by atoms with Crippen molar-refractivity contribution >= 4 is 69.6 Å². The van der Waals surface area contributed by atoms with E-state index in [1.54, 1.807) is 24.3 Å². The molecule has 0 atom stereocenters. The van der Waals surface area contributed by atoms with E-state index in [9.17, 15) is 0 Å². The fourth-order valence-electron chi connectivity index (χ4n) is 7.08. The molecule has 0 amide bonds. The molecule has 0 radical (unpaired) electrons. The zero-order valence-electron chi connectivity index (χ0n) is 28.4. The van der Waals surface area contributed by atoms with Crippen LogP contribution >= 0.6 is 69.6 Å². The summed E-state index contributed by atoms with van der Waals surface area (Å²) in [7, 11) is 0. The first-order valence-electron chi connectivity index (χ1n) is 17.1. The van der Waals surface area contributed by atoms with Gasteiger partial charge in [0.2, 0.25) is 0 Å². The van der Waals surface area contributed by atoms with E-state index in [-0.39, 0.29) is 0 Å². The van der Waals surface area contributed by atoms with E-state index < -0.39 is 0 Å². The lowest BCUT2D eigenvalue weighted by Crippen LogP contribution is -1.98. The molecule has 8 aromatic rings. The van der Waals surface area contributed by atoms with E-state index in [1.165, 1.54) is 0 Å². The van der Waals surface area contributed by atoms with Gasteiger partial charge in [-0.1, -0.05) is 191 Å². The molecular weight excluding hydrogens is 789 g/mol. The molecule has 0 saturated carbocycles. The summed E-state index contributed by atoms with van der Waals surface area (Å²) in [6.07, 6.45) is 0. The van der Waals surface area contributed by atoms with Gasteiger partial charge in [0.25, 0.3) is 0 Å². The first-order chi connectivity index (χ1) is 26.3. The third-order valence-electron chi connectivity index (χ3n) is 9.50. The Kier molecular flexibility index (Phi) is 10.6. The highest BCUT2D eigenvalue weighted by Gasteiger charge is 2.25. The maximum atomic E-state index is 7.12. The van der Waals surface area contributed by atoms with Crippen molar-refractivity contribution in [2.24, 2.45) is 0 Å². The number of hydrogen-bond donors (Lipinski definition) is 0. The van der Waals surface area contributed by atoms with Gasteiger partial charge < -0.3 is 0 Å². The van der Waals surface area contributed by atoms with Crippen molar-refractivity contribution in [1.82, 2.24) is 0 Å². The van der Waals surface area contributed by atoms with Gasteiger partial charge >= 0.3 is 0 Å². The number of benzene rings is 8. The summed E-state index contributed by atoms with van der Waals surface area (Å²) >= 11 is 41.5. The first-order valence-corrected chi connectivity index (χ1v) is 19.4.